The lowest BCUT2D eigenvalue weighted by Gasteiger charge is -2.03. The summed E-state index contributed by atoms with van der Waals surface area (Å²) < 4.78 is 26.9. The van der Waals surface area contributed by atoms with Gasteiger partial charge in [0.1, 0.15) is 0 Å². The van der Waals surface area contributed by atoms with E-state index in [0.717, 1.165) is 16.3 Å². The number of rotatable bonds is 4. The van der Waals surface area contributed by atoms with Gasteiger partial charge in [0, 0.05) is 5.38 Å². The van der Waals surface area contributed by atoms with Crippen LogP contribution in [0.15, 0.2) is 9.59 Å². The van der Waals surface area contributed by atoms with Gasteiger partial charge < -0.3 is 0 Å². The van der Waals surface area contributed by atoms with E-state index in [1.54, 1.807) is 6.92 Å². The fraction of sp³-hybridized carbons (Fsp3) is 0.333. The van der Waals surface area contributed by atoms with Crippen LogP contribution in [-0.2, 0) is 16.6 Å². The van der Waals surface area contributed by atoms with Gasteiger partial charge in [0.25, 0.3) is 10.0 Å². The fourth-order valence-electron chi connectivity index (χ4n) is 1.32. The number of hydrogen-bond acceptors (Lipinski definition) is 6. The highest BCUT2D eigenvalue weighted by Gasteiger charge is 2.21. The Balaban J connectivity index is 2.15. The fourth-order valence-corrected chi connectivity index (χ4v) is 4.72. The summed E-state index contributed by atoms with van der Waals surface area (Å²) in [6.45, 7) is 3.65. The topological polar surface area (TPSA) is 72.0 Å². The van der Waals surface area contributed by atoms with Crippen molar-refractivity contribution in [2.45, 2.75) is 24.6 Å². The average molecular weight is 324 g/mol. The van der Waals surface area contributed by atoms with E-state index in [2.05, 4.69) is 14.7 Å². The molecule has 0 aliphatic rings. The first-order valence-electron chi connectivity index (χ1n) is 4.92. The lowest BCUT2D eigenvalue weighted by Crippen LogP contribution is -2.23. The van der Waals surface area contributed by atoms with Crippen LogP contribution >= 0.6 is 34.3 Å². The monoisotopic (exact) mass is 323 g/mol. The Morgan fingerprint density at radius 3 is 2.61 bits per heavy atom. The Bertz CT molecular complexity index is 662. The highest BCUT2D eigenvalue weighted by Crippen LogP contribution is 2.26. The Morgan fingerprint density at radius 2 is 2.11 bits per heavy atom. The van der Waals surface area contributed by atoms with Gasteiger partial charge in [-0.3, -0.25) is 0 Å². The van der Waals surface area contributed by atoms with E-state index in [9.17, 15) is 8.42 Å². The summed E-state index contributed by atoms with van der Waals surface area (Å²) in [7, 11) is -3.57. The molecule has 0 spiro atoms. The van der Waals surface area contributed by atoms with E-state index in [1.807, 2.05) is 12.3 Å². The Kier molecular flexibility index (Phi) is 4.02. The van der Waals surface area contributed by atoms with Crippen molar-refractivity contribution < 1.29 is 8.42 Å². The van der Waals surface area contributed by atoms with Crippen molar-refractivity contribution in [3.63, 3.8) is 0 Å². The SMILES string of the molecule is Cc1nc(CNS(=O)(=O)c2sc(Cl)nc2C)cs1. The second kappa shape index (κ2) is 5.22. The molecule has 2 heterocycles. The number of thiazole rings is 2. The van der Waals surface area contributed by atoms with Gasteiger partial charge in [0.2, 0.25) is 0 Å². The van der Waals surface area contributed by atoms with E-state index < -0.39 is 10.0 Å². The van der Waals surface area contributed by atoms with Gasteiger partial charge >= 0.3 is 0 Å². The van der Waals surface area contributed by atoms with Crippen LogP contribution in [0.4, 0.5) is 0 Å². The molecule has 0 amide bonds. The van der Waals surface area contributed by atoms with Crippen molar-refractivity contribution in [3.8, 4) is 0 Å². The quantitative estimate of drug-likeness (QED) is 0.937. The lowest BCUT2D eigenvalue weighted by atomic mass is 10.5. The highest BCUT2D eigenvalue weighted by molar-refractivity contribution is 7.91. The summed E-state index contributed by atoms with van der Waals surface area (Å²) >= 11 is 8.13. The van der Waals surface area contributed by atoms with Crippen molar-refractivity contribution in [1.29, 1.82) is 0 Å². The number of nitrogens with zero attached hydrogens (tertiary/aromatic N) is 2. The molecule has 0 radical (unpaired) electrons. The number of nitrogens with one attached hydrogen (secondary N) is 1. The molecular weight excluding hydrogens is 314 g/mol. The minimum atomic E-state index is -3.57. The smallest absolute Gasteiger partial charge is 0.245 e. The molecule has 0 saturated heterocycles. The van der Waals surface area contributed by atoms with Gasteiger partial charge in [-0.2, -0.15) is 0 Å². The van der Waals surface area contributed by atoms with E-state index in [0.29, 0.717) is 11.4 Å². The molecule has 5 nitrogen and oxygen atoms in total. The van der Waals surface area contributed by atoms with Crippen LogP contribution in [0.2, 0.25) is 4.47 Å². The van der Waals surface area contributed by atoms with Crippen LogP contribution in [0.3, 0.4) is 0 Å². The summed E-state index contributed by atoms with van der Waals surface area (Å²) in [5, 5.41) is 2.73. The van der Waals surface area contributed by atoms with E-state index in [-0.39, 0.29) is 15.2 Å². The van der Waals surface area contributed by atoms with Crippen LogP contribution in [0.5, 0.6) is 0 Å². The number of halogens is 1. The molecule has 0 aliphatic heterocycles. The zero-order chi connectivity index (χ0) is 13.3. The zero-order valence-electron chi connectivity index (χ0n) is 9.60. The molecule has 0 saturated carbocycles. The van der Waals surface area contributed by atoms with Crippen molar-refractivity contribution in [1.82, 2.24) is 14.7 Å². The third-order valence-corrected chi connectivity index (χ3v) is 6.18. The first-order chi connectivity index (χ1) is 8.38. The number of sulfonamides is 1. The average Bonchev–Trinajstić information content (AvgIpc) is 2.82. The summed E-state index contributed by atoms with van der Waals surface area (Å²) in [4.78, 5) is 8.08. The summed E-state index contributed by atoms with van der Waals surface area (Å²) in [5.74, 6) is 0. The largest absolute Gasteiger partial charge is 0.252 e. The molecule has 98 valence electrons. The van der Waals surface area contributed by atoms with Crippen LogP contribution in [0.1, 0.15) is 16.4 Å². The molecule has 0 aromatic carbocycles. The predicted octanol–water partition coefficient (Wildman–Crippen LogP) is 2.35. The molecule has 9 heteroatoms. The van der Waals surface area contributed by atoms with Crippen molar-refractivity contribution in [2.24, 2.45) is 0 Å². The molecule has 2 aromatic heterocycles. The maximum Gasteiger partial charge on any atom is 0.252 e. The predicted molar refractivity (Wildman–Crippen MR) is 72.7 cm³/mol. The van der Waals surface area contributed by atoms with Crippen LogP contribution in [0.25, 0.3) is 0 Å². The minimum Gasteiger partial charge on any atom is -0.245 e. The summed E-state index contributed by atoms with van der Waals surface area (Å²) in [5.41, 5.74) is 1.11. The van der Waals surface area contributed by atoms with E-state index in [4.69, 9.17) is 11.6 Å². The zero-order valence-corrected chi connectivity index (χ0v) is 12.8. The summed E-state index contributed by atoms with van der Waals surface area (Å²) in [6, 6.07) is 0. The van der Waals surface area contributed by atoms with Gasteiger partial charge in [-0.25, -0.2) is 23.1 Å². The van der Waals surface area contributed by atoms with Crippen LogP contribution in [-0.4, -0.2) is 18.4 Å². The Labute approximate surface area is 118 Å². The molecule has 0 unspecified atom stereocenters. The van der Waals surface area contributed by atoms with Crippen molar-refractivity contribution in [3.05, 3.63) is 26.2 Å². The van der Waals surface area contributed by atoms with Crippen LogP contribution in [0, 0.1) is 13.8 Å². The second-order valence-corrected chi connectivity index (χ2v) is 8.13. The Hall–Kier alpha value is -0.540. The number of aryl methyl sites for hydroxylation is 2. The standard InChI is InChI=1S/C9H10ClN3O2S3/c1-5-8(17-9(10)12-5)18(14,15)11-3-7-4-16-6(2)13-7/h4,11H,3H2,1-2H3. The van der Waals surface area contributed by atoms with E-state index >= 15 is 0 Å². The molecule has 18 heavy (non-hydrogen) atoms. The Morgan fingerprint density at radius 1 is 1.39 bits per heavy atom. The normalized spacial score (nSPS) is 11.9. The van der Waals surface area contributed by atoms with E-state index in [1.165, 1.54) is 11.3 Å². The van der Waals surface area contributed by atoms with Gasteiger partial charge in [0.15, 0.2) is 8.68 Å². The molecule has 2 aromatic rings. The first kappa shape index (κ1) is 13.9. The highest BCUT2D eigenvalue weighted by atomic mass is 35.5. The van der Waals surface area contributed by atoms with Gasteiger partial charge in [-0.15, -0.1) is 11.3 Å². The lowest BCUT2D eigenvalue weighted by molar-refractivity contribution is 0.582. The third-order valence-electron chi connectivity index (χ3n) is 2.08. The van der Waals surface area contributed by atoms with Crippen molar-refractivity contribution >= 4 is 44.3 Å². The first-order valence-corrected chi connectivity index (χ1v) is 8.48. The van der Waals surface area contributed by atoms with Crippen molar-refractivity contribution in [2.75, 3.05) is 0 Å². The summed E-state index contributed by atoms with van der Waals surface area (Å²) in [6.07, 6.45) is 0. The number of aromatic nitrogens is 2. The number of hydrogen-bond donors (Lipinski definition) is 1. The van der Waals surface area contributed by atoms with Gasteiger partial charge in [0.05, 0.1) is 22.9 Å². The maximum atomic E-state index is 12.0. The molecular formula is C9H10ClN3O2S3. The molecule has 2 rings (SSSR count). The van der Waals surface area contributed by atoms with Gasteiger partial charge in [-0.05, 0) is 13.8 Å². The maximum absolute atomic E-state index is 12.0. The molecule has 0 bridgehead atoms. The molecule has 1 N–H and O–H groups in total. The molecule has 0 fully saturated rings. The third kappa shape index (κ3) is 3.07. The molecule has 0 atom stereocenters. The van der Waals surface area contributed by atoms with Crippen LogP contribution < -0.4 is 4.72 Å². The molecule has 0 aliphatic carbocycles. The minimum absolute atomic E-state index is 0.152. The second-order valence-electron chi connectivity index (χ2n) is 3.52. The van der Waals surface area contributed by atoms with Gasteiger partial charge in [-0.1, -0.05) is 22.9 Å².